The van der Waals surface area contributed by atoms with Gasteiger partial charge in [-0.2, -0.15) is 0 Å². The summed E-state index contributed by atoms with van der Waals surface area (Å²) in [6, 6.07) is 0. The molecule has 13 heavy (non-hydrogen) atoms. The zero-order valence-corrected chi connectivity index (χ0v) is 9.30. The van der Waals surface area contributed by atoms with Gasteiger partial charge in [0, 0.05) is 18.3 Å². The van der Waals surface area contributed by atoms with E-state index in [1.54, 1.807) is 0 Å². The second-order valence-electron chi connectivity index (χ2n) is 4.66. The van der Waals surface area contributed by atoms with E-state index in [0.29, 0.717) is 5.92 Å². The third-order valence-corrected chi connectivity index (χ3v) is 2.57. The van der Waals surface area contributed by atoms with Crippen LogP contribution in [0.25, 0.3) is 0 Å². The van der Waals surface area contributed by atoms with Gasteiger partial charge in [-0.1, -0.05) is 27.7 Å². The summed E-state index contributed by atoms with van der Waals surface area (Å²) in [7, 11) is 0. The Labute approximate surface area is 82.0 Å². The first kappa shape index (κ1) is 10.5. The van der Waals surface area contributed by atoms with Gasteiger partial charge in [-0.05, 0) is 30.3 Å². The largest absolute Gasteiger partial charge is 0.265 e. The normalized spacial score (nSPS) is 16.8. The van der Waals surface area contributed by atoms with Gasteiger partial charge in [0.05, 0.1) is 0 Å². The van der Waals surface area contributed by atoms with Crippen LogP contribution in [0.2, 0.25) is 0 Å². The van der Waals surface area contributed by atoms with Gasteiger partial charge in [-0.3, -0.25) is 4.99 Å². The minimum Gasteiger partial charge on any atom is -0.265 e. The maximum atomic E-state index is 4.46. The lowest BCUT2D eigenvalue weighted by Gasteiger charge is -2.07. The van der Waals surface area contributed by atoms with E-state index in [9.17, 15) is 0 Å². The van der Waals surface area contributed by atoms with Crippen molar-refractivity contribution in [3.8, 4) is 0 Å². The molecule has 74 valence electrons. The van der Waals surface area contributed by atoms with Gasteiger partial charge in [0.15, 0.2) is 0 Å². The summed E-state index contributed by atoms with van der Waals surface area (Å²) in [6.07, 6.45) is 5.66. The molecule has 0 aromatic carbocycles. The van der Waals surface area contributed by atoms with Gasteiger partial charge in [-0.25, -0.2) is 0 Å². The van der Waals surface area contributed by atoms with Gasteiger partial charge in [0.2, 0.25) is 0 Å². The van der Waals surface area contributed by atoms with Crippen LogP contribution >= 0.6 is 0 Å². The van der Waals surface area contributed by atoms with Crippen LogP contribution in [0.1, 0.15) is 47.0 Å². The fourth-order valence-electron chi connectivity index (χ4n) is 1.46. The second kappa shape index (κ2) is 4.59. The highest BCUT2D eigenvalue weighted by Crippen LogP contribution is 2.22. The lowest BCUT2D eigenvalue weighted by Crippen LogP contribution is -2.01. The summed E-state index contributed by atoms with van der Waals surface area (Å²) in [5.74, 6) is 1.46. The number of rotatable bonds is 4. The molecule has 0 saturated carbocycles. The third-order valence-electron chi connectivity index (χ3n) is 2.57. The maximum absolute atomic E-state index is 4.46. The van der Waals surface area contributed by atoms with Crippen molar-refractivity contribution in [1.29, 1.82) is 0 Å². The van der Waals surface area contributed by atoms with E-state index < -0.39 is 0 Å². The average Bonchev–Trinajstić information content (AvgIpc) is 2.48. The van der Waals surface area contributed by atoms with Gasteiger partial charge < -0.3 is 0 Å². The van der Waals surface area contributed by atoms with Crippen molar-refractivity contribution in [3.63, 3.8) is 0 Å². The summed E-state index contributed by atoms with van der Waals surface area (Å²) in [5.41, 5.74) is 2.89. The smallest absolute Gasteiger partial charge is 0.0265 e. The minimum atomic E-state index is 0.667. The minimum absolute atomic E-state index is 0.667. The molecule has 0 radical (unpaired) electrons. The molecule has 0 bridgehead atoms. The molecule has 1 nitrogen and oxygen atoms in total. The quantitative estimate of drug-likeness (QED) is 0.622. The molecule has 0 spiro atoms. The molecule has 1 heterocycles. The summed E-state index contributed by atoms with van der Waals surface area (Å²) in [6.45, 7) is 9.03. The molecule has 0 N–H and O–H groups in total. The fourth-order valence-corrected chi connectivity index (χ4v) is 1.46. The van der Waals surface area contributed by atoms with Crippen molar-refractivity contribution in [2.45, 2.75) is 47.0 Å². The van der Waals surface area contributed by atoms with Crippen molar-refractivity contribution < 1.29 is 0 Å². The van der Waals surface area contributed by atoms with Crippen LogP contribution in [0.5, 0.6) is 0 Å². The molecule has 1 aliphatic rings. The summed E-state index contributed by atoms with van der Waals surface area (Å²) in [5, 5.41) is 0. The Morgan fingerprint density at radius 1 is 1.31 bits per heavy atom. The first-order valence-corrected chi connectivity index (χ1v) is 5.34. The molecule has 0 aromatic heterocycles. The summed E-state index contributed by atoms with van der Waals surface area (Å²) in [4.78, 5) is 4.46. The predicted molar refractivity (Wildman–Crippen MR) is 59.0 cm³/mol. The van der Waals surface area contributed by atoms with E-state index in [2.05, 4.69) is 38.9 Å². The van der Waals surface area contributed by atoms with Crippen LogP contribution in [0.15, 0.2) is 16.8 Å². The van der Waals surface area contributed by atoms with Gasteiger partial charge in [-0.15, -0.1) is 0 Å². The maximum Gasteiger partial charge on any atom is 0.0265 e. The zero-order chi connectivity index (χ0) is 9.84. The topological polar surface area (TPSA) is 12.4 Å². The molecule has 1 rings (SSSR count). The Hall–Kier alpha value is -0.590. The molecule has 0 atom stereocenters. The van der Waals surface area contributed by atoms with E-state index >= 15 is 0 Å². The number of hydrogen-bond donors (Lipinski definition) is 0. The standard InChI is InChI=1S/C12H21N/c1-9(2)5-6-12-7-11(8-13-12)10(3)4/h8-10H,5-7H2,1-4H3. The molecular formula is C12H21N. The van der Waals surface area contributed by atoms with E-state index in [-0.39, 0.29) is 0 Å². The van der Waals surface area contributed by atoms with Crippen LogP contribution in [0, 0.1) is 11.8 Å². The van der Waals surface area contributed by atoms with Crippen LogP contribution in [-0.4, -0.2) is 5.71 Å². The fraction of sp³-hybridized carbons (Fsp3) is 0.750. The number of nitrogens with zero attached hydrogens (tertiary/aromatic N) is 1. The number of allylic oxidation sites excluding steroid dienone is 1. The van der Waals surface area contributed by atoms with Crippen molar-refractivity contribution in [3.05, 3.63) is 11.8 Å². The molecule has 0 aliphatic carbocycles. The van der Waals surface area contributed by atoms with E-state index in [1.807, 2.05) is 0 Å². The SMILES string of the molecule is CC(C)CCC1=NC=C(C(C)C)C1. The zero-order valence-electron chi connectivity index (χ0n) is 9.30. The van der Waals surface area contributed by atoms with Crippen molar-refractivity contribution in [2.75, 3.05) is 0 Å². The highest BCUT2D eigenvalue weighted by Gasteiger charge is 2.12. The molecule has 0 amide bonds. The Morgan fingerprint density at radius 2 is 2.00 bits per heavy atom. The highest BCUT2D eigenvalue weighted by atomic mass is 14.7. The Balaban J connectivity index is 2.29. The van der Waals surface area contributed by atoms with Gasteiger partial charge in [0.1, 0.15) is 0 Å². The van der Waals surface area contributed by atoms with E-state index in [4.69, 9.17) is 0 Å². The van der Waals surface area contributed by atoms with Crippen LogP contribution in [-0.2, 0) is 0 Å². The Bertz CT molecular complexity index is 221. The van der Waals surface area contributed by atoms with Gasteiger partial charge >= 0.3 is 0 Å². The average molecular weight is 179 g/mol. The monoisotopic (exact) mass is 179 g/mol. The summed E-state index contributed by atoms with van der Waals surface area (Å²) < 4.78 is 0. The molecular weight excluding hydrogens is 158 g/mol. The highest BCUT2D eigenvalue weighted by molar-refractivity contribution is 5.89. The molecule has 0 saturated heterocycles. The van der Waals surface area contributed by atoms with Gasteiger partial charge in [0.25, 0.3) is 0 Å². The molecule has 1 heteroatoms. The lowest BCUT2D eigenvalue weighted by molar-refractivity contribution is 0.601. The number of aliphatic imine (C=N–C) groups is 1. The summed E-state index contributed by atoms with van der Waals surface area (Å²) >= 11 is 0. The molecule has 0 unspecified atom stereocenters. The Morgan fingerprint density at radius 3 is 2.46 bits per heavy atom. The van der Waals surface area contributed by atoms with Crippen molar-refractivity contribution in [1.82, 2.24) is 0 Å². The van der Waals surface area contributed by atoms with Crippen LogP contribution < -0.4 is 0 Å². The molecule has 0 fully saturated rings. The first-order chi connectivity index (χ1) is 6.09. The van der Waals surface area contributed by atoms with E-state index in [1.165, 1.54) is 24.1 Å². The van der Waals surface area contributed by atoms with Crippen LogP contribution in [0.4, 0.5) is 0 Å². The lowest BCUT2D eigenvalue weighted by atomic mass is 9.97. The molecule has 0 aromatic rings. The Kier molecular flexibility index (Phi) is 3.71. The van der Waals surface area contributed by atoms with Crippen LogP contribution in [0.3, 0.4) is 0 Å². The van der Waals surface area contributed by atoms with E-state index in [0.717, 1.165) is 12.3 Å². The second-order valence-corrected chi connectivity index (χ2v) is 4.66. The third kappa shape index (κ3) is 3.33. The first-order valence-electron chi connectivity index (χ1n) is 5.34. The molecule has 1 aliphatic heterocycles. The number of hydrogen-bond acceptors (Lipinski definition) is 1. The van der Waals surface area contributed by atoms with Crippen molar-refractivity contribution >= 4 is 5.71 Å². The predicted octanol–water partition coefficient (Wildman–Crippen LogP) is 3.81. The van der Waals surface area contributed by atoms with Crippen molar-refractivity contribution in [2.24, 2.45) is 16.8 Å².